The number of fused-ring (bicyclic) bond motifs is 1. The fourth-order valence-corrected chi connectivity index (χ4v) is 3.38. The Balaban J connectivity index is 1.58. The molecular formula is C14H18N4O2S. The Morgan fingerprint density at radius 2 is 2.10 bits per heavy atom. The van der Waals surface area contributed by atoms with Crippen molar-refractivity contribution < 1.29 is 9.59 Å². The van der Waals surface area contributed by atoms with E-state index < -0.39 is 11.8 Å². The summed E-state index contributed by atoms with van der Waals surface area (Å²) >= 11 is 1.56. The molecule has 0 aromatic carbocycles. The molecule has 0 radical (unpaired) electrons. The lowest BCUT2D eigenvalue weighted by Gasteiger charge is -2.25. The van der Waals surface area contributed by atoms with Crippen LogP contribution in [0.1, 0.15) is 30.7 Å². The highest BCUT2D eigenvalue weighted by Crippen LogP contribution is 2.15. The first-order valence-corrected chi connectivity index (χ1v) is 8.02. The van der Waals surface area contributed by atoms with E-state index in [9.17, 15) is 9.59 Å². The standard InChI is InChI=1S/C14H18N4O2S/c1-10-9-21-14-16-11(8-18(10)14)7-15-12(19)13(20)17-5-3-2-4-6-17/h8-9H,2-7H2,1H3,(H,15,19). The molecule has 3 rings (SSSR count). The van der Waals surface area contributed by atoms with E-state index in [1.54, 1.807) is 16.2 Å². The van der Waals surface area contributed by atoms with Crippen LogP contribution in [0.15, 0.2) is 11.6 Å². The second-order valence-electron chi connectivity index (χ2n) is 5.30. The molecule has 3 heterocycles. The van der Waals surface area contributed by atoms with E-state index in [-0.39, 0.29) is 6.54 Å². The van der Waals surface area contributed by atoms with Crippen LogP contribution in [0.2, 0.25) is 0 Å². The summed E-state index contributed by atoms with van der Waals surface area (Å²) < 4.78 is 1.98. The highest BCUT2D eigenvalue weighted by molar-refractivity contribution is 7.15. The second-order valence-corrected chi connectivity index (χ2v) is 6.13. The number of imidazole rings is 1. The zero-order chi connectivity index (χ0) is 14.8. The van der Waals surface area contributed by atoms with Gasteiger partial charge in [0.05, 0.1) is 12.2 Å². The van der Waals surface area contributed by atoms with Crippen LogP contribution in [-0.2, 0) is 16.1 Å². The minimum atomic E-state index is -0.537. The monoisotopic (exact) mass is 306 g/mol. The van der Waals surface area contributed by atoms with Gasteiger partial charge in [0.15, 0.2) is 4.96 Å². The summed E-state index contributed by atoms with van der Waals surface area (Å²) in [5.74, 6) is -0.961. The van der Waals surface area contributed by atoms with Gasteiger partial charge < -0.3 is 10.2 Å². The molecule has 2 amide bonds. The van der Waals surface area contributed by atoms with Crippen molar-refractivity contribution in [3.8, 4) is 0 Å². The third-order valence-corrected chi connectivity index (χ3v) is 4.66. The van der Waals surface area contributed by atoms with E-state index in [0.29, 0.717) is 13.1 Å². The summed E-state index contributed by atoms with van der Waals surface area (Å²) in [6.45, 7) is 3.66. The smallest absolute Gasteiger partial charge is 0.311 e. The maximum atomic E-state index is 12.0. The van der Waals surface area contributed by atoms with Gasteiger partial charge in [-0.3, -0.25) is 14.0 Å². The summed E-state index contributed by atoms with van der Waals surface area (Å²) in [6, 6.07) is 0. The Morgan fingerprint density at radius 3 is 2.81 bits per heavy atom. The molecule has 1 aliphatic rings. The molecule has 0 saturated carbocycles. The Labute approximate surface area is 126 Å². The van der Waals surface area contributed by atoms with Gasteiger partial charge in [0.25, 0.3) is 0 Å². The number of aryl methyl sites for hydroxylation is 1. The van der Waals surface area contributed by atoms with E-state index in [0.717, 1.165) is 35.6 Å². The van der Waals surface area contributed by atoms with Crippen molar-refractivity contribution in [3.63, 3.8) is 0 Å². The van der Waals surface area contributed by atoms with Crippen molar-refractivity contribution in [1.82, 2.24) is 19.6 Å². The molecule has 7 heteroatoms. The molecule has 112 valence electrons. The molecule has 2 aromatic rings. The van der Waals surface area contributed by atoms with Crippen LogP contribution in [0.25, 0.3) is 4.96 Å². The molecule has 0 atom stereocenters. The third-order valence-electron chi connectivity index (χ3n) is 3.71. The van der Waals surface area contributed by atoms with Crippen LogP contribution in [-0.4, -0.2) is 39.2 Å². The average molecular weight is 306 g/mol. The average Bonchev–Trinajstić information content (AvgIpc) is 3.07. The van der Waals surface area contributed by atoms with Gasteiger partial charge in [-0.1, -0.05) is 0 Å². The minimum absolute atomic E-state index is 0.284. The van der Waals surface area contributed by atoms with Gasteiger partial charge in [0.1, 0.15) is 0 Å². The molecule has 0 aliphatic carbocycles. The maximum Gasteiger partial charge on any atom is 0.311 e. The Bertz CT molecular complexity index is 670. The maximum absolute atomic E-state index is 12.0. The number of nitrogens with zero attached hydrogens (tertiary/aromatic N) is 3. The van der Waals surface area contributed by atoms with Gasteiger partial charge in [0.2, 0.25) is 0 Å². The molecule has 2 aromatic heterocycles. The van der Waals surface area contributed by atoms with Gasteiger partial charge in [-0.25, -0.2) is 4.98 Å². The number of nitrogens with one attached hydrogen (secondary N) is 1. The number of carbonyl (C=O) groups is 2. The van der Waals surface area contributed by atoms with Gasteiger partial charge >= 0.3 is 11.8 Å². The molecule has 6 nitrogen and oxygen atoms in total. The van der Waals surface area contributed by atoms with Crippen molar-refractivity contribution in [2.75, 3.05) is 13.1 Å². The molecule has 0 spiro atoms. The number of thiazole rings is 1. The van der Waals surface area contributed by atoms with Crippen molar-refractivity contribution >= 4 is 28.1 Å². The van der Waals surface area contributed by atoms with Gasteiger partial charge in [-0.15, -0.1) is 11.3 Å². The van der Waals surface area contributed by atoms with Crippen LogP contribution in [0.4, 0.5) is 0 Å². The summed E-state index contributed by atoms with van der Waals surface area (Å²) in [6.07, 6.45) is 4.99. The first kappa shape index (κ1) is 14.1. The van der Waals surface area contributed by atoms with Crippen molar-refractivity contribution in [2.45, 2.75) is 32.7 Å². The summed E-state index contributed by atoms with van der Waals surface area (Å²) in [7, 11) is 0. The Kier molecular flexibility index (Phi) is 3.92. The minimum Gasteiger partial charge on any atom is -0.342 e. The molecule has 0 unspecified atom stereocenters. The normalized spacial score (nSPS) is 15.4. The zero-order valence-corrected chi connectivity index (χ0v) is 12.8. The molecule has 1 aliphatic heterocycles. The van der Waals surface area contributed by atoms with Crippen molar-refractivity contribution in [1.29, 1.82) is 0 Å². The van der Waals surface area contributed by atoms with Crippen LogP contribution in [0.5, 0.6) is 0 Å². The lowest BCUT2D eigenvalue weighted by Crippen LogP contribution is -2.44. The fraction of sp³-hybridized carbons (Fsp3) is 0.500. The lowest BCUT2D eigenvalue weighted by atomic mass is 10.1. The predicted octanol–water partition coefficient (Wildman–Crippen LogP) is 1.33. The molecule has 1 saturated heterocycles. The molecule has 21 heavy (non-hydrogen) atoms. The number of carbonyl (C=O) groups excluding carboxylic acids is 2. The van der Waals surface area contributed by atoms with Crippen LogP contribution in [0, 0.1) is 6.92 Å². The Hall–Kier alpha value is -1.89. The van der Waals surface area contributed by atoms with Crippen LogP contribution < -0.4 is 5.32 Å². The number of rotatable bonds is 2. The van der Waals surface area contributed by atoms with Crippen LogP contribution >= 0.6 is 11.3 Å². The molecule has 1 fully saturated rings. The zero-order valence-electron chi connectivity index (χ0n) is 12.0. The van der Waals surface area contributed by atoms with Crippen molar-refractivity contribution in [2.24, 2.45) is 0 Å². The van der Waals surface area contributed by atoms with E-state index >= 15 is 0 Å². The summed E-state index contributed by atoms with van der Waals surface area (Å²) in [5, 5.41) is 4.70. The topological polar surface area (TPSA) is 66.7 Å². The lowest BCUT2D eigenvalue weighted by molar-refractivity contribution is -0.146. The second kappa shape index (κ2) is 5.85. The highest BCUT2D eigenvalue weighted by atomic mass is 32.1. The van der Waals surface area contributed by atoms with E-state index in [1.807, 2.05) is 22.9 Å². The third kappa shape index (κ3) is 2.92. The first-order valence-electron chi connectivity index (χ1n) is 7.14. The highest BCUT2D eigenvalue weighted by Gasteiger charge is 2.23. The fourth-order valence-electron chi connectivity index (χ4n) is 2.51. The summed E-state index contributed by atoms with van der Waals surface area (Å²) in [4.78, 5) is 30.8. The van der Waals surface area contributed by atoms with Gasteiger partial charge in [0, 0.05) is 30.4 Å². The SMILES string of the molecule is Cc1csc2nc(CNC(=O)C(=O)N3CCCCC3)cn12. The van der Waals surface area contributed by atoms with E-state index in [1.165, 1.54) is 0 Å². The van der Waals surface area contributed by atoms with Crippen LogP contribution in [0.3, 0.4) is 0 Å². The van der Waals surface area contributed by atoms with E-state index in [4.69, 9.17) is 0 Å². The van der Waals surface area contributed by atoms with Crippen molar-refractivity contribution in [3.05, 3.63) is 23.0 Å². The number of hydrogen-bond acceptors (Lipinski definition) is 4. The number of aromatic nitrogens is 2. The first-order chi connectivity index (χ1) is 10.1. The number of amides is 2. The molecule has 0 bridgehead atoms. The number of likely N-dealkylation sites (tertiary alicyclic amines) is 1. The van der Waals surface area contributed by atoms with Gasteiger partial charge in [-0.05, 0) is 26.2 Å². The predicted molar refractivity (Wildman–Crippen MR) is 80.1 cm³/mol. The molecular weight excluding hydrogens is 288 g/mol. The Morgan fingerprint density at radius 1 is 1.33 bits per heavy atom. The quantitative estimate of drug-likeness (QED) is 0.851. The molecule has 1 N–H and O–H groups in total. The summed E-state index contributed by atoms with van der Waals surface area (Å²) in [5.41, 5.74) is 1.88. The number of hydrogen-bond donors (Lipinski definition) is 1. The number of piperidine rings is 1. The van der Waals surface area contributed by atoms with E-state index in [2.05, 4.69) is 10.3 Å². The largest absolute Gasteiger partial charge is 0.342 e. The van der Waals surface area contributed by atoms with Gasteiger partial charge in [-0.2, -0.15) is 0 Å².